The van der Waals surface area contributed by atoms with Crippen LogP contribution < -0.4 is 9.64 Å². The number of aryl methyl sites for hydroxylation is 1. The van der Waals surface area contributed by atoms with Gasteiger partial charge in [-0.2, -0.15) is 0 Å². The Balaban J connectivity index is 1.95. The number of benzene rings is 2. The number of amides is 1. The van der Waals surface area contributed by atoms with E-state index in [2.05, 4.69) is 39.0 Å². The Morgan fingerprint density at radius 1 is 1.18 bits per heavy atom. The topological polar surface area (TPSA) is 49.8 Å². The summed E-state index contributed by atoms with van der Waals surface area (Å²) >= 11 is 0. The van der Waals surface area contributed by atoms with Crippen LogP contribution in [0.15, 0.2) is 36.4 Å². The molecule has 1 aliphatic heterocycles. The van der Waals surface area contributed by atoms with E-state index >= 15 is 0 Å². The number of aromatic hydroxyl groups is 1. The van der Waals surface area contributed by atoms with Gasteiger partial charge in [-0.3, -0.25) is 4.79 Å². The first-order valence-corrected chi connectivity index (χ1v) is 10.0. The maximum atomic E-state index is 13.5. The zero-order valence-corrected chi connectivity index (χ0v) is 17.6. The Labute approximate surface area is 168 Å². The molecule has 0 bridgehead atoms. The van der Waals surface area contributed by atoms with Crippen molar-refractivity contribution < 1.29 is 14.6 Å². The number of phenols is 1. The first kappa shape index (κ1) is 20.2. The molecule has 2 aromatic carbocycles. The smallest absolute Gasteiger partial charge is 0.237 e. The van der Waals surface area contributed by atoms with E-state index in [-0.39, 0.29) is 11.7 Å². The minimum Gasteiger partial charge on any atom is -0.508 e. The lowest BCUT2D eigenvalue weighted by Gasteiger charge is -2.25. The number of fused-ring (bicyclic) bond motifs is 1. The van der Waals surface area contributed by atoms with Gasteiger partial charge in [0, 0.05) is 18.3 Å². The van der Waals surface area contributed by atoms with Crippen molar-refractivity contribution in [2.24, 2.45) is 5.92 Å². The second kappa shape index (κ2) is 7.86. The molecule has 28 heavy (non-hydrogen) atoms. The summed E-state index contributed by atoms with van der Waals surface area (Å²) in [5, 5.41) is 10.4. The van der Waals surface area contributed by atoms with Crippen LogP contribution in [-0.4, -0.2) is 24.7 Å². The third-order valence-corrected chi connectivity index (χ3v) is 5.75. The van der Waals surface area contributed by atoms with Crippen molar-refractivity contribution in [3.8, 4) is 11.5 Å². The molecular formula is C24H31NO3. The standard InChI is InChI=1S/C24H31NO3/c1-16(2)7-6-12-25-21-11-8-17(3)13-20(21)24(4,23(25)27)15-18-9-10-19(28-5)14-22(18)26/h8-11,13-14,16,26H,6-7,12,15H2,1-5H3. The van der Waals surface area contributed by atoms with Crippen molar-refractivity contribution in [2.45, 2.75) is 52.4 Å². The van der Waals surface area contributed by atoms with Crippen LogP contribution in [0, 0.1) is 12.8 Å². The number of carbonyl (C=O) groups excluding carboxylic acids is 1. The molecular weight excluding hydrogens is 350 g/mol. The molecule has 2 aromatic rings. The molecule has 0 radical (unpaired) electrons. The van der Waals surface area contributed by atoms with Gasteiger partial charge in [-0.25, -0.2) is 0 Å². The zero-order valence-electron chi connectivity index (χ0n) is 17.6. The summed E-state index contributed by atoms with van der Waals surface area (Å²) in [7, 11) is 1.57. The Hall–Kier alpha value is -2.49. The Kier molecular flexibility index (Phi) is 5.69. The monoisotopic (exact) mass is 381 g/mol. The Morgan fingerprint density at radius 2 is 1.93 bits per heavy atom. The number of carbonyl (C=O) groups is 1. The van der Waals surface area contributed by atoms with E-state index in [9.17, 15) is 9.90 Å². The third kappa shape index (κ3) is 3.73. The van der Waals surface area contributed by atoms with Gasteiger partial charge in [0.1, 0.15) is 11.5 Å². The molecule has 0 spiro atoms. The van der Waals surface area contributed by atoms with Gasteiger partial charge in [0.2, 0.25) is 5.91 Å². The fourth-order valence-electron chi connectivity index (χ4n) is 4.10. The summed E-state index contributed by atoms with van der Waals surface area (Å²) in [6.07, 6.45) is 2.54. The SMILES string of the molecule is COc1ccc(CC2(C)C(=O)N(CCCC(C)C)c3ccc(C)cc32)c(O)c1. The van der Waals surface area contributed by atoms with Gasteiger partial charge in [-0.15, -0.1) is 0 Å². The third-order valence-electron chi connectivity index (χ3n) is 5.75. The quantitative estimate of drug-likeness (QED) is 0.735. The molecule has 1 atom stereocenters. The van der Waals surface area contributed by atoms with Crippen LogP contribution in [0.25, 0.3) is 0 Å². The van der Waals surface area contributed by atoms with Crippen molar-refractivity contribution in [3.63, 3.8) is 0 Å². The van der Waals surface area contributed by atoms with E-state index in [4.69, 9.17) is 4.74 Å². The summed E-state index contributed by atoms with van der Waals surface area (Å²) < 4.78 is 5.18. The van der Waals surface area contributed by atoms with Crippen molar-refractivity contribution in [1.29, 1.82) is 0 Å². The van der Waals surface area contributed by atoms with Gasteiger partial charge in [-0.1, -0.05) is 37.6 Å². The molecule has 4 nitrogen and oxygen atoms in total. The lowest BCUT2D eigenvalue weighted by molar-refractivity contribution is -0.122. The number of methoxy groups -OCH3 is 1. The van der Waals surface area contributed by atoms with Gasteiger partial charge in [-0.05, 0) is 62.3 Å². The zero-order chi connectivity index (χ0) is 20.5. The molecule has 1 N–H and O–H groups in total. The van der Waals surface area contributed by atoms with Crippen molar-refractivity contribution in [1.82, 2.24) is 0 Å². The highest BCUT2D eigenvalue weighted by atomic mass is 16.5. The van der Waals surface area contributed by atoms with Crippen LogP contribution in [0.3, 0.4) is 0 Å². The van der Waals surface area contributed by atoms with E-state index in [0.717, 1.165) is 41.8 Å². The molecule has 150 valence electrons. The molecule has 0 saturated heterocycles. The second-order valence-electron chi connectivity index (χ2n) is 8.52. The highest BCUT2D eigenvalue weighted by Crippen LogP contribution is 2.45. The number of hydrogen-bond acceptors (Lipinski definition) is 3. The van der Waals surface area contributed by atoms with E-state index < -0.39 is 5.41 Å². The van der Waals surface area contributed by atoms with E-state index in [1.807, 2.05) is 24.0 Å². The highest BCUT2D eigenvalue weighted by molar-refractivity contribution is 6.08. The van der Waals surface area contributed by atoms with Crippen LogP contribution in [0.1, 0.15) is 50.3 Å². The van der Waals surface area contributed by atoms with Gasteiger partial charge in [0.25, 0.3) is 0 Å². The number of hydrogen-bond donors (Lipinski definition) is 1. The van der Waals surface area contributed by atoms with Gasteiger partial charge in [0.05, 0.1) is 12.5 Å². The lowest BCUT2D eigenvalue weighted by Crippen LogP contribution is -2.40. The van der Waals surface area contributed by atoms with Gasteiger partial charge in [0.15, 0.2) is 0 Å². The molecule has 4 heteroatoms. The number of anilines is 1. The highest BCUT2D eigenvalue weighted by Gasteiger charge is 2.47. The van der Waals surface area contributed by atoms with Crippen molar-refractivity contribution >= 4 is 11.6 Å². The van der Waals surface area contributed by atoms with E-state index in [1.165, 1.54) is 0 Å². The van der Waals surface area contributed by atoms with Crippen LogP contribution in [0.4, 0.5) is 5.69 Å². The molecule has 1 amide bonds. The Morgan fingerprint density at radius 3 is 2.57 bits per heavy atom. The molecule has 1 aliphatic rings. The predicted molar refractivity (Wildman–Crippen MR) is 113 cm³/mol. The van der Waals surface area contributed by atoms with Gasteiger partial charge < -0.3 is 14.7 Å². The molecule has 0 saturated carbocycles. The van der Waals surface area contributed by atoms with E-state index in [0.29, 0.717) is 18.1 Å². The molecule has 1 unspecified atom stereocenters. The molecule has 0 aliphatic carbocycles. The summed E-state index contributed by atoms with van der Waals surface area (Å²) in [6, 6.07) is 11.5. The number of rotatable bonds is 7. The minimum atomic E-state index is -0.689. The average Bonchev–Trinajstić information content (AvgIpc) is 2.85. The van der Waals surface area contributed by atoms with Crippen LogP contribution >= 0.6 is 0 Å². The maximum Gasteiger partial charge on any atom is 0.237 e. The first-order chi connectivity index (χ1) is 13.3. The van der Waals surface area contributed by atoms with Gasteiger partial charge >= 0.3 is 0 Å². The number of nitrogens with zero attached hydrogens (tertiary/aromatic N) is 1. The minimum absolute atomic E-state index is 0.118. The van der Waals surface area contributed by atoms with Crippen molar-refractivity contribution in [3.05, 3.63) is 53.1 Å². The summed E-state index contributed by atoms with van der Waals surface area (Å²) in [6.45, 7) is 9.20. The fraction of sp³-hybridized carbons (Fsp3) is 0.458. The second-order valence-corrected chi connectivity index (χ2v) is 8.52. The van der Waals surface area contributed by atoms with E-state index in [1.54, 1.807) is 13.2 Å². The van der Waals surface area contributed by atoms with Crippen LogP contribution in [0.5, 0.6) is 11.5 Å². The molecule has 0 fully saturated rings. The predicted octanol–water partition coefficient (Wildman–Crippen LogP) is 4.99. The lowest BCUT2D eigenvalue weighted by atomic mass is 9.77. The molecule has 3 rings (SSSR count). The summed E-state index contributed by atoms with van der Waals surface area (Å²) in [4.78, 5) is 15.5. The summed E-state index contributed by atoms with van der Waals surface area (Å²) in [5.74, 6) is 1.52. The first-order valence-electron chi connectivity index (χ1n) is 10.0. The summed E-state index contributed by atoms with van der Waals surface area (Å²) in [5.41, 5.74) is 3.27. The fourth-order valence-corrected chi connectivity index (χ4v) is 4.10. The van der Waals surface area contributed by atoms with Crippen LogP contribution in [0.2, 0.25) is 0 Å². The Bertz CT molecular complexity index is 874. The number of phenolic OH excluding ortho intramolecular Hbond substituents is 1. The largest absolute Gasteiger partial charge is 0.508 e. The molecule has 0 aromatic heterocycles. The van der Waals surface area contributed by atoms with Crippen LogP contribution in [-0.2, 0) is 16.6 Å². The van der Waals surface area contributed by atoms with Crippen molar-refractivity contribution in [2.75, 3.05) is 18.6 Å². The molecule has 1 heterocycles. The number of ether oxygens (including phenoxy) is 1. The maximum absolute atomic E-state index is 13.5. The normalized spacial score (nSPS) is 18.6. The average molecular weight is 382 g/mol.